The second-order valence-corrected chi connectivity index (χ2v) is 6.65. The maximum atomic E-state index is 5.49. The number of nitrogens with zero attached hydrogens (tertiary/aromatic N) is 3. The van der Waals surface area contributed by atoms with Crippen LogP contribution in [-0.4, -0.2) is 37.5 Å². The lowest BCUT2D eigenvalue weighted by Crippen LogP contribution is -2.34. The van der Waals surface area contributed by atoms with Crippen LogP contribution in [0.5, 0.6) is 11.5 Å². The highest BCUT2D eigenvalue weighted by Crippen LogP contribution is 2.37. The lowest BCUT2D eigenvalue weighted by atomic mass is 9.90. The Balaban J connectivity index is 1.71. The van der Waals surface area contributed by atoms with Crippen LogP contribution in [0.2, 0.25) is 0 Å². The van der Waals surface area contributed by atoms with Gasteiger partial charge in [0.15, 0.2) is 11.5 Å². The SMILES string of the molecule is COc1cc2nncc(N3CCCC(c4ccccc4)C3)c2cc1OC. The molecule has 0 amide bonds. The second-order valence-electron chi connectivity index (χ2n) is 6.65. The van der Waals surface area contributed by atoms with Crippen molar-refractivity contribution in [3.05, 3.63) is 54.2 Å². The molecule has 1 fully saturated rings. The molecule has 1 aliphatic heterocycles. The van der Waals surface area contributed by atoms with Crippen molar-refractivity contribution in [2.75, 3.05) is 32.2 Å². The average molecular weight is 349 g/mol. The predicted octanol–water partition coefficient (Wildman–Crippen LogP) is 4.03. The van der Waals surface area contributed by atoms with Gasteiger partial charge in [-0.2, -0.15) is 10.2 Å². The van der Waals surface area contributed by atoms with Gasteiger partial charge in [0.1, 0.15) is 0 Å². The quantitative estimate of drug-likeness (QED) is 0.712. The van der Waals surface area contributed by atoms with Gasteiger partial charge in [0.05, 0.1) is 31.6 Å². The third kappa shape index (κ3) is 3.05. The lowest BCUT2D eigenvalue weighted by Gasteiger charge is -2.35. The molecule has 0 saturated carbocycles. The van der Waals surface area contributed by atoms with Crippen LogP contribution in [0.3, 0.4) is 0 Å². The van der Waals surface area contributed by atoms with E-state index >= 15 is 0 Å². The van der Waals surface area contributed by atoms with Gasteiger partial charge in [-0.3, -0.25) is 0 Å². The number of ether oxygens (including phenoxy) is 2. The minimum Gasteiger partial charge on any atom is -0.493 e. The van der Waals surface area contributed by atoms with Gasteiger partial charge in [-0.1, -0.05) is 30.3 Å². The Morgan fingerprint density at radius 3 is 2.58 bits per heavy atom. The van der Waals surface area contributed by atoms with Gasteiger partial charge in [0, 0.05) is 30.5 Å². The molecule has 1 aliphatic rings. The van der Waals surface area contributed by atoms with Crippen LogP contribution in [0.1, 0.15) is 24.3 Å². The van der Waals surface area contributed by atoms with Crippen molar-refractivity contribution in [2.45, 2.75) is 18.8 Å². The number of hydrogen-bond donors (Lipinski definition) is 0. The minimum atomic E-state index is 0.535. The van der Waals surface area contributed by atoms with Gasteiger partial charge in [-0.05, 0) is 24.5 Å². The summed E-state index contributed by atoms with van der Waals surface area (Å²) in [5.74, 6) is 1.92. The highest BCUT2D eigenvalue weighted by molar-refractivity contribution is 5.93. The number of anilines is 1. The Hall–Kier alpha value is -2.82. The first-order valence-corrected chi connectivity index (χ1v) is 8.97. The normalized spacial score (nSPS) is 17.3. The highest BCUT2D eigenvalue weighted by atomic mass is 16.5. The molecule has 134 valence electrons. The summed E-state index contributed by atoms with van der Waals surface area (Å²) >= 11 is 0. The molecule has 0 spiro atoms. The molecule has 5 nitrogen and oxygen atoms in total. The molecule has 1 atom stereocenters. The molecule has 5 heteroatoms. The second kappa shape index (κ2) is 7.20. The van der Waals surface area contributed by atoms with Crippen molar-refractivity contribution in [3.63, 3.8) is 0 Å². The first-order valence-electron chi connectivity index (χ1n) is 8.97. The summed E-state index contributed by atoms with van der Waals surface area (Å²) < 4.78 is 10.9. The third-order valence-electron chi connectivity index (χ3n) is 5.16. The van der Waals surface area contributed by atoms with Crippen LogP contribution in [0.25, 0.3) is 10.9 Å². The number of methoxy groups -OCH3 is 2. The summed E-state index contributed by atoms with van der Waals surface area (Å²) in [5.41, 5.74) is 3.33. The largest absolute Gasteiger partial charge is 0.493 e. The van der Waals surface area contributed by atoms with E-state index in [1.165, 1.54) is 12.0 Å². The van der Waals surface area contributed by atoms with Crippen LogP contribution in [0, 0.1) is 0 Å². The molecule has 1 unspecified atom stereocenters. The van der Waals surface area contributed by atoms with Crippen molar-refractivity contribution >= 4 is 16.6 Å². The van der Waals surface area contributed by atoms with E-state index in [1.807, 2.05) is 18.3 Å². The summed E-state index contributed by atoms with van der Waals surface area (Å²) in [5, 5.41) is 9.56. The first kappa shape index (κ1) is 16.6. The molecule has 0 bridgehead atoms. The smallest absolute Gasteiger partial charge is 0.162 e. The number of benzene rings is 2. The van der Waals surface area contributed by atoms with E-state index in [2.05, 4.69) is 45.4 Å². The third-order valence-corrected chi connectivity index (χ3v) is 5.16. The molecule has 2 aromatic carbocycles. The molecular weight excluding hydrogens is 326 g/mol. The van der Waals surface area contributed by atoms with E-state index in [1.54, 1.807) is 14.2 Å². The first-order chi connectivity index (χ1) is 12.8. The summed E-state index contributed by atoms with van der Waals surface area (Å²) in [4.78, 5) is 2.42. The number of fused-ring (bicyclic) bond motifs is 1. The predicted molar refractivity (Wildman–Crippen MR) is 103 cm³/mol. The summed E-state index contributed by atoms with van der Waals surface area (Å²) in [6, 6.07) is 14.7. The van der Waals surface area contributed by atoms with E-state index in [4.69, 9.17) is 9.47 Å². The van der Waals surface area contributed by atoms with E-state index in [0.717, 1.165) is 36.1 Å². The summed E-state index contributed by atoms with van der Waals surface area (Å²) in [7, 11) is 3.29. The monoisotopic (exact) mass is 349 g/mol. The number of aromatic nitrogens is 2. The van der Waals surface area contributed by atoms with Crippen molar-refractivity contribution in [2.24, 2.45) is 0 Å². The Bertz CT molecular complexity index is 898. The fourth-order valence-corrected chi connectivity index (χ4v) is 3.82. The Morgan fingerprint density at radius 2 is 1.81 bits per heavy atom. The van der Waals surface area contributed by atoms with Gasteiger partial charge < -0.3 is 14.4 Å². The average Bonchev–Trinajstić information content (AvgIpc) is 2.73. The zero-order valence-electron chi connectivity index (χ0n) is 15.2. The summed E-state index contributed by atoms with van der Waals surface area (Å²) in [6.07, 6.45) is 4.24. The molecule has 0 N–H and O–H groups in total. The highest BCUT2D eigenvalue weighted by Gasteiger charge is 2.23. The fourth-order valence-electron chi connectivity index (χ4n) is 3.82. The molecule has 2 heterocycles. The van der Waals surface area contributed by atoms with E-state index < -0.39 is 0 Å². The van der Waals surface area contributed by atoms with Gasteiger partial charge in [-0.25, -0.2) is 0 Å². The molecule has 1 aromatic heterocycles. The van der Waals surface area contributed by atoms with E-state index in [-0.39, 0.29) is 0 Å². The number of hydrogen-bond acceptors (Lipinski definition) is 5. The van der Waals surface area contributed by atoms with Crippen LogP contribution in [-0.2, 0) is 0 Å². The summed E-state index contributed by atoms with van der Waals surface area (Å²) in [6.45, 7) is 2.01. The van der Waals surface area contributed by atoms with Gasteiger partial charge in [-0.15, -0.1) is 0 Å². The van der Waals surface area contributed by atoms with Crippen LogP contribution < -0.4 is 14.4 Å². The Kier molecular flexibility index (Phi) is 4.61. The Labute approximate surface area is 153 Å². The maximum absolute atomic E-state index is 5.49. The zero-order chi connectivity index (χ0) is 17.9. The van der Waals surface area contributed by atoms with Crippen molar-refractivity contribution < 1.29 is 9.47 Å². The molecule has 26 heavy (non-hydrogen) atoms. The van der Waals surface area contributed by atoms with Crippen LogP contribution >= 0.6 is 0 Å². The topological polar surface area (TPSA) is 47.5 Å². The van der Waals surface area contributed by atoms with E-state index in [0.29, 0.717) is 17.4 Å². The molecule has 4 rings (SSSR count). The van der Waals surface area contributed by atoms with Crippen molar-refractivity contribution in [1.82, 2.24) is 10.2 Å². The Morgan fingerprint density at radius 1 is 1.04 bits per heavy atom. The standard InChI is InChI=1S/C21H23N3O2/c1-25-20-11-17-18(12-21(20)26-2)23-22-13-19(17)24-10-6-9-16(14-24)15-7-4-3-5-8-15/h3-5,7-8,11-13,16H,6,9-10,14H2,1-2H3. The van der Waals surface area contributed by atoms with Crippen molar-refractivity contribution in [1.29, 1.82) is 0 Å². The number of piperidine rings is 1. The molecular formula is C21H23N3O2. The van der Waals surface area contributed by atoms with Crippen molar-refractivity contribution in [3.8, 4) is 11.5 Å². The molecule has 3 aromatic rings. The minimum absolute atomic E-state index is 0.535. The molecule has 0 radical (unpaired) electrons. The zero-order valence-corrected chi connectivity index (χ0v) is 15.2. The van der Waals surface area contributed by atoms with Gasteiger partial charge >= 0.3 is 0 Å². The van der Waals surface area contributed by atoms with Gasteiger partial charge in [0.2, 0.25) is 0 Å². The van der Waals surface area contributed by atoms with Crippen LogP contribution in [0.4, 0.5) is 5.69 Å². The van der Waals surface area contributed by atoms with E-state index in [9.17, 15) is 0 Å². The molecule has 0 aliphatic carbocycles. The fraction of sp³-hybridized carbons (Fsp3) is 0.333. The van der Waals surface area contributed by atoms with Crippen LogP contribution in [0.15, 0.2) is 48.7 Å². The number of rotatable bonds is 4. The molecule has 1 saturated heterocycles. The lowest BCUT2D eigenvalue weighted by molar-refractivity contribution is 0.355. The van der Waals surface area contributed by atoms with Gasteiger partial charge in [0.25, 0.3) is 0 Å². The maximum Gasteiger partial charge on any atom is 0.162 e.